The number of rotatable bonds is 7. The molecule has 10 heteroatoms. The number of Topliss-reactive ketones (excluding diaryl/α,β-unsaturated/α-hetero) is 1. The third-order valence-electron chi connectivity index (χ3n) is 4.38. The summed E-state index contributed by atoms with van der Waals surface area (Å²) in [6.45, 7) is 2.01. The highest BCUT2D eigenvalue weighted by atomic mass is 32.2. The number of alkyl halides is 3. The van der Waals surface area contributed by atoms with Crippen LogP contribution in [-0.4, -0.2) is 37.0 Å². The van der Waals surface area contributed by atoms with Crippen molar-refractivity contribution in [2.45, 2.75) is 38.1 Å². The highest BCUT2D eigenvalue weighted by Crippen LogP contribution is 2.25. The molecule has 0 radical (unpaired) electrons. The largest absolute Gasteiger partial charge is 0.406 e. The summed E-state index contributed by atoms with van der Waals surface area (Å²) in [7, 11) is 1.84. The predicted molar refractivity (Wildman–Crippen MR) is 103 cm³/mol. The standard InChI is InChI=1S/C18H19F3N4OS2/c1-11-7-14(12(2)25(11)10-18(19,20)21)15(26)9-28-17-23-22-16(24(17)3)8-13-5-4-6-27-13/h4-7H,8-10H2,1-3H3. The summed E-state index contributed by atoms with van der Waals surface area (Å²) in [5.74, 6) is 0.650. The monoisotopic (exact) mass is 428 g/mol. The van der Waals surface area contributed by atoms with Gasteiger partial charge in [-0.25, -0.2) is 0 Å². The molecule has 150 valence electrons. The van der Waals surface area contributed by atoms with Gasteiger partial charge in [0.2, 0.25) is 0 Å². The van der Waals surface area contributed by atoms with Crippen molar-refractivity contribution in [3.8, 4) is 0 Å². The van der Waals surface area contributed by atoms with Gasteiger partial charge in [0.25, 0.3) is 0 Å². The number of halogens is 3. The highest BCUT2D eigenvalue weighted by Gasteiger charge is 2.30. The van der Waals surface area contributed by atoms with E-state index in [0.29, 0.717) is 28.5 Å². The number of aromatic nitrogens is 4. The average molecular weight is 429 g/mol. The molecule has 0 amide bonds. The summed E-state index contributed by atoms with van der Waals surface area (Å²) in [4.78, 5) is 13.7. The smallest absolute Gasteiger partial charge is 0.339 e. The summed E-state index contributed by atoms with van der Waals surface area (Å²) < 4.78 is 41.2. The third-order valence-corrected chi connectivity index (χ3v) is 6.28. The van der Waals surface area contributed by atoms with Crippen molar-refractivity contribution in [3.63, 3.8) is 0 Å². The maximum absolute atomic E-state index is 12.7. The third kappa shape index (κ3) is 4.67. The molecule has 3 aromatic heterocycles. The number of thiophene rings is 1. The second-order valence-electron chi connectivity index (χ2n) is 6.41. The number of ketones is 1. The van der Waals surface area contributed by atoms with E-state index in [-0.39, 0.29) is 11.5 Å². The van der Waals surface area contributed by atoms with Crippen LogP contribution in [0.5, 0.6) is 0 Å². The molecule has 0 bridgehead atoms. The molecule has 0 saturated heterocycles. The Labute approximate surface area is 168 Å². The van der Waals surface area contributed by atoms with Gasteiger partial charge >= 0.3 is 6.18 Å². The number of aryl methyl sites for hydroxylation is 1. The maximum Gasteiger partial charge on any atom is 0.406 e. The van der Waals surface area contributed by atoms with Crippen molar-refractivity contribution in [3.05, 3.63) is 51.2 Å². The molecule has 0 N–H and O–H groups in total. The van der Waals surface area contributed by atoms with Gasteiger partial charge in [0.15, 0.2) is 10.9 Å². The molecule has 0 atom stereocenters. The van der Waals surface area contributed by atoms with Crippen molar-refractivity contribution >= 4 is 28.9 Å². The molecule has 0 aliphatic heterocycles. The molecule has 0 aliphatic carbocycles. The molecule has 0 saturated carbocycles. The van der Waals surface area contributed by atoms with E-state index in [1.165, 1.54) is 29.6 Å². The first-order valence-electron chi connectivity index (χ1n) is 8.46. The second-order valence-corrected chi connectivity index (χ2v) is 8.39. The Hall–Kier alpha value is -2.07. The van der Waals surface area contributed by atoms with Gasteiger partial charge in [0.05, 0.1) is 5.75 Å². The number of hydrogen-bond donors (Lipinski definition) is 0. The summed E-state index contributed by atoms with van der Waals surface area (Å²) >= 11 is 2.87. The molecule has 3 heterocycles. The van der Waals surface area contributed by atoms with Crippen LogP contribution in [-0.2, 0) is 20.0 Å². The SMILES string of the molecule is Cc1cc(C(=O)CSc2nnc(Cc3cccs3)n2C)c(C)n1CC(F)(F)F. The first-order valence-corrected chi connectivity index (χ1v) is 10.3. The van der Waals surface area contributed by atoms with Crippen LogP contribution in [0.25, 0.3) is 0 Å². The Morgan fingerprint density at radius 2 is 2.04 bits per heavy atom. The molecule has 0 fully saturated rings. The Morgan fingerprint density at radius 1 is 1.29 bits per heavy atom. The van der Waals surface area contributed by atoms with Gasteiger partial charge in [-0.05, 0) is 31.4 Å². The lowest BCUT2D eigenvalue weighted by molar-refractivity contribution is -0.141. The number of carbonyl (C=O) groups excluding carboxylic acids is 1. The lowest BCUT2D eigenvalue weighted by atomic mass is 10.2. The molecular weight excluding hydrogens is 409 g/mol. The predicted octanol–water partition coefficient (Wildman–Crippen LogP) is 4.42. The van der Waals surface area contributed by atoms with Crippen molar-refractivity contribution in [2.75, 3.05) is 5.75 Å². The Bertz CT molecular complexity index is 974. The van der Waals surface area contributed by atoms with E-state index >= 15 is 0 Å². The highest BCUT2D eigenvalue weighted by molar-refractivity contribution is 7.99. The molecule has 0 aliphatic rings. The molecule has 28 heavy (non-hydrogen) atoms. The second kappa shape index (κ2) is 8.12. The quantitative estimate of drug-likeness (QED) is 0.413. The van der Waals surface area contributed by atoms with Crippen molar-refractivity contribution in [1.82, 2.24) is 19.3 Å². The Morgan fingerprint density at radius 3 is 2.68 bits per heavy atom. The van der Waals surface area contributed by atoms with Gasteiger partial charge in [-0.15, -0.1) is 21.5 Å². The van der Waals surface area contributed by atoms with Crippen LogP contribution in [0.4, 0.5) is 13.2 Å². The van der Waals surface area contributed by atoms with Crippen LogP contribution in [0, 0.1) is 13.8 Å². The fourth-order valence-corrected chi connectivity index (χ4v) is 4.42. The van der Waals surface area contributed by atoms with Crippen LogP contribution in [0.15, 0.2) is 28.7 Å². The summed E-state index contributed by atoms with van der Waals surface area (Å²) in [5, 5.41) is 10.9. The minimum absolute atomic E-state index is 0.0846. The molecule has 0 spiro atoms. The van der Waals surface area contributed by atoms with Crippen LogP contribution in [0.3, 0.4) is 0 Å². The molecule has 3 aromatic rings. The van der Waals surface area contributed by atoms with E-state index in [9.17, 15) is 18.0 Å². The maximum atomic E-state index is 12.7. The van der Waals surface area contributed by atoms with E-state index in [2.05, 4.69) is 10.2 Å². The Kier molecular flexibility index (Phi) is 5.99. The topological polar surface area (TPSA) is 52.7 Å². The number of nitrogens with zero attached hydrogens (tertiary/aromatic N) is 4. The van der Waals surface area contributed by atoms with E-state index in [4.69, 9.17) is 0 Å². The Balaban J connectivity index is 1.68. The van der Waals surface area contributed by atoms with Crippen LogP contribution in [0.1, 0.15) is 32.4 Å². The minimum Gasteiger partial charge on any atom is -0.339 e. The van der Waals surface area contributed by atoms with Gasteiger partial charge in [-0.1, -0.05) is 17.8 Å². The number of carbonyl (C=O) groups is 1. The van der Waals surface area contributed by atoms with Gasteiger partial charge in [0.1, 0.15) is 12.4 Å². The van der Waals surface area contributed by atoms with Gasteiger partial charge < -0.3 is 9.13 Å². The fraction of sp³-hybridized carbons (Fsp3) is 0.389. The average Bonchev–Trinajstić information content (AvgIpc) is 3.31. The zero-order chi connectivity index (χ0) is 20.5. The van der Waals surface area contributed by atoms with Crippen molar-refractivity contribution < 1.29 is 18.0 Å². The molecule has 3 rings (SSSR count). The van der Waals surface area contributed by atoms with E-state index in [1.807, 2.05) is 29.1 Å². The zero-order valence-electron chi connectivity index (χ0n) is 15.6. The summed E-state index contributed by atoms with van der Waals surface area (Å²) in [5.41, 5.74) is 1.06. The van der Waals surface area contributed by atoms with Gasteiger partial charge in [-0.3, -0.25) is 4.79 Å². The lowest BCUT2D eigenvalue weighted by Gasteiger charge is -2.12. The molecule has 0 aromatic carbocycles. The summed E-state index contributed by atoms with van der Waals surface area (Å²) in [6, 6.07) is 5.51. The first-order chi connectivity index (χ1) is 13.2. The van der Waals surface area contributed by atoms with E-state index < -0.39 is 12.7 Å². The van der Waals surface area contributed by atoms with Gasteiger partial charge in [0, 0.05) is 35.3 Å². The van der Waals surface area contributed by atoms with Crippen molar-refractivity contribution in [1.29, 1.82) is 0 Å². The molecule has 5 nitrogen and oxygen atoms in total. The fourth-order valence-electron chi connectivity index (χ4n) is 2.91. The molecule has 0 unspecified atom stereocenters. The normalized spacial score (nSPS) is 11.9. The van der Waals surface area contributed by atoms with Crippen LogP contribution < -0.4 is 0 Å². The van der Waals surface area contributed by atoms with E-state index in [1.54, 1.807) is 18.3 Å². The lowest BCUT2D eigenvalue weighted by Crippen LogP contribution is -2.19. The zero-order valence-corrected chi connectivity index (χ0v) is 17.2. The number of hydrogen-bond acceptors (Lipinski definition) is 5. The number of thioether (sulfide) groups is 1. The minimum atomic E-state index is -4.33. The van der Waals surface area contributed by atoms with Crippen LogP contribution >= 0.6 is 23.1 Å². The summed E-state index contributed by atoms with van der Waals surface area (Å²) in [6.07, 6.45) is -3.67. The van der Waals surface area contributed by atoms with Gasteiger partial charge in [-0.2, -0.15) is 13.2 Å². The van der Waals surface area contributed by atoms with Crippen molar-refractivity contribution in [2.24, 2.45) is 7.05 Å². The van der Waals surface area contributed by atoms with E-state index in [0.717, 1.165) is 10.4 Å². The molecular formula is C18H19F3N4OS2. The van der Waals surface area contributed by atoms with Crippen LogP contribution in [0.2, 0.25) is 0 Å². The first kappa shape index (κ1) is 20.7.